The number of nitrogens with one attached hydrogen (secondary N) is 1. The van der Waals surface area contributed by atoms with Crippen LogP contribution in [0.4, 0.5) is 5.95 Å². The third-order valence-electron chi connectivity index (χ3n) is 2.67. The lowest BCUT2D eigenvalue weighted by molar-refractivity contribution is -0.883. The van der Waals surface area contributed by atoms with Crippen LogP contribution >= 0.6 is 0 Å². The fourth-order valence-corrected chi connectivity index (χ4v) is 1.88. The van der Waals surface area contributed by atoms with Gasteiger partial charge in [-0.25, -0.2) is 0 Å². The van der Waals surface area contributed by atoms with Crippen molar-refractivity contribution in [2.24, 2.45) is 7.05 Å². The van der Waals surface area contributed by atoms with E-state index in [-0.39, 0.29) is 35.5 Å². The molecule has 0 unspecified atom stereocenters. The number of H-pyrrole nitrogens is 1. The summed E-state index contributed by atoms with van der Waals surface area (Å²) in [5.74, 6) is 0.223. The smallest absolute Gasteiger partial charge is 0.264 e. The van der Waals surface area contributed by atoms with Crippen LogP contribution in [0.1, 0.15) is 5.56 Å². The first-order valence-electron chi connectivity index (χ1n) is 5.42. The molecule has 0 saturated carbocycles. The molecule has 0 aliphatic rings. The molecule has 18 heavy (non-hydrogen) atoms. The van der Waals surface area contributed by atoms with Gasteiger partial charge in [-0.2, -0.15) is 4.98 Å². The number of fused-ring (bicyclic) bond motifs is 1. The molecule has 0 atom stereocenters. The van der Waals surface area contributed by atoms with Gasteiger partial charge in [0.15, 0.2) is 0 Å². The Balaban J connectivity index is 0.00000162. The van der Waals surface area contributed by atoms with E-state index in [2.05, 4.69) is 31.1 Å². The van der Waals surface area contributed by atoms with Gasteiger partial charge >= 0.3 is 0 Å². The molecule has 100 valence electrons. The molecule has 0 radical (unpaired) electrons. The van der Waals surface area contributed by atoms with Crippen molar-refractivity contribution in [2.75, 3.05) is 26.9 Å². The van der Waals surface area contributed by atoms with Crippen LogP contribution in [0, 0.1) is 0 Å². The molecule has 2 aromatic rings. The number of quaternary nitrogens is 1. The summed E-state index contributed by atoms with van der Waals surface area (Å²) in [5.41, 5.74) is 7.09. The highest BCUT2D eigenvalue weighted by molar-refractivity contribution is 5.79. The highest BCUT2D eigenvalue weighted by Crippen LogP contribution is 2.16. The normalized spacial score (nSPS) is 11.6. The highest BCUT2D eigenvalue weighted by Gasteiger charge is 2.17. The maximum Gasteiger partial charge on any atom is 0.264 e. The number of halogens is 1. The first-order chi connectivity index (χ1) is 7.79. The molecule has 0 amide bonds. The maximum atomic E-state index is 12.1. The third kappa shape index (κ3) is 2.66. The largest absolute Gasteiger partial charge is 1.00 e. The summed E-state index contributed by atoms with van der Waals surface area (Å²) in [6.07, 6.45) is 1.84. The molecule has 0 aliphatic carbocycles. The summed E-state index contributed by atoms with van der Waals surface area (Å²) in [4.78, 5) is 19.3. The van der Waals surface area contributed by atoms with Gasteiger partial charge in [0, 0.05) is 18.8 Å². The molecule has 7 heteroatoms. The second kappa shape index (κ2) is 4.88. The van der Waals surface area contributed by atoms with Crippen LogP contribution in [-0.2, 0) is 13.6 Å². The molecule has 0 fully saturated rings. The fraction of sp³-hybridized carbons (Fsp3) is 0.455. The van der Waals surface area contributed by atoms with Crippen LogP contribution < -0.4 is 35.3 Å². The molecular weight excluding hydrogens is 345 g/mol. The summed E-state index contributed by atoms with van der Waals surface area (Å²) in [5, 5.41) is 0.634. The molecule has 0 spiro atoms. The molecule has 0 aliphatic heterocycles. The van der Waals surface area contributed by atoms with E-state index in [0.29, 0.717) is 11.0 Å². The Morgan fingerprint density at radius 1 is 1.44 bits per heavy atom. The summed E-state index contributed by atoms with van der Waals surface area (Å²) >= 11 is 0. The van der Waals surface area contributed by atoms with Crippen LogP contribution in [0.3, 0.4) is 0 Å². The standard InChI is InChI=1S/C11H17N5O.HI/c1-15-10(17)8-7(6-16(2,3)4)5-13-9(8)14-11(15)12;/h5H,6H2,1-4H3,(H2-,12,13,14,17);1H. The van der Waals surface area contributed by atoms with Crippen LogP contribution in [0.25, 0.3) is 11.0 Å². The Morgan fingerprint density at radius 3 is 2.61 bits per heavy atom. The van der Waals surface area contributed by atoms with Gasteiger partial charge < -0.3 is 39.2 Å². The lowest BCUT2D eigenvalue weighted by atomic mass is 10.2. The lowest BCUT2D eigenvalue weighted by Gasteiger charge is -2.23. The predicted octanol–water partition coefficient (Wildman–Crippen LogP) is -2.95. The van der Waals surface area contributed by atoms with E-state index >= 15 is 0 Å². The minimum Gasteiger partial charge on any atom is -1.00 e. The Hall–Kier alpha value is -1.09. The number of nitrogen functional groups attached to an aromatic ring is 1. The van der Waals surface area contributed by atoms with Gasteiger partial charge in [-0.3, -0.25) is 9.36 Å². The second-order valence-corrected chi connectivity index (χ2v) is 5.32. The topological polar surface area (TPSA) is 76.7 Å². The minimum atomic E-state index is -0.0998. The van der Waals surface area contributed by atoms with Crippen molar-refractivity contribution in [3.63, 3.8) is 0 Å². The number of rotatable bonds is 2. The van der Waals surface area contributed by atoms with Gasteiger partial charge in [0.1, 0.15) is 12.2 Å². The Labute approximate surface area is 122 Å². The highest BCUT2D eigenvalue weighted by atomic mass is 127. The average molecular weight is 363 g/mol. The van der Waals surface area contributed by atoms with Gasteiger partial charge in [0.05, 0.1) is 26.5 Å². The van der Waals surface area contributed by atoms with Crippen molar-refractivity contribution in [3.8, 4) is 0 Å². The van der Waals surface area contributed by atoms with Crippen LogP contribution in [0.15, 0.2) is 11.0 Å². The van der Waals surface area contributed by atoms with E-state index < -0.39 is 0 Å². The third-order valence-corrected chi connectivity index (χ3v) is 2.67. The van der Waals surface area contributed by atoms with E-state index in [0.717, 1.165) is 16.6 Å². The van der Waals surface area contributed by atoms with Crippen molar-refractivity contribution in [1.82, 2.24) is 14.5 Å². The number of aromatic nitrogens is 3. The van der Waals surface area contributed by atoms with E-state index in [1.54, 1.807) is 7.05 Å². The number of hydrogen-bond acceptors (Lipinski definition) is 3. The zero-order chi connectivity index (χ0) is 12.8. The lowest BCUT2D eigenvalue weighted by Crippen LogP contribution is -3.00. The molecule has 6 nitrogen and oxygen atoms in total. The molecular formula is C11H18IN5O. The van der Waals surface area contributed by atoms with Crippen molar-refractivity contribution in [3.05, 3.63) is 22.1 Å². The van der Waals surface area contributed by atoms with E-state index in [1.807, 2.05) is 6.20 Å². The first kappa shape index (κ1) is 15.0. The molecule has 2 rings (SSSR count). The van der Waals surface area contributed by atoms with E-state index in [1.165, 1.54) is 4.57 Å². The van der Waals surface area contributed by atoms with Crippen molar-refractivity contribution < 1.29 is 28.5 Å². The summed E-state index contributed by atoms with van der Waals surface area (Å²) in [6.45, 7) is 0.765. The molecule has 2 aromatic heterocycles. The van der Waals surface area contributed by atoms with Crippen LogP contribution in [-0.4, -0.2) is 40.2 Å². The second-order valence-electron chi connectivity index (χ2n) is 5.32. The summed E-state index contributed by atoms with van der Waals surface area (Å²) in [6, 6.07) is 0. The molecule has 0 bridgehead atoms. The van der Waals surface area contributed by atoms with Crippen LogP contribution in [0.2, 0.25) is 0 Å². The monoisotopic (exact) mass is 363 g/mol. The number of nitrogens with zero attached hydrogens (tertiary/aromatic N) is 3. The quantitative estimate of drug-likeness (QED) is 0.443. The van der Waals surface area contributed by atoms with Gasteiger partial charge in [-0.15, -0.1) is 0 Å². The molecule has 2 heterocycles. The molecule has 0 saturated heterocycles. The zero-order valence-corrected chi connectivity index (χ0v) is 13.1. The van der Waals surface area contributed by atoms with Gasteiger partial charge in [-0.1, -0.05) is 0 Å². The van der Waals surface area contributed by atoms with Crippen molar-refractivity contribution >= 4 is 17.0 Å². The fourth-order valence-electron chi connectivity index (χ4n) is 1.88. The van der Waals surface area contributed by atoms with Gasteiger partial charge in [0.25, 0.3) is 5.56 Å². The predicted molar refractivity (Wildman–Crippen MR) is 67.5 cm³/mol. The minimum absolute atomic E-state index is 0. The van der Waals surface area contributed by atoms with Gasteiger partial charge in [-0.05, 0) is 0 Å². The Bertz CT molecular complexity index is 623. The molecule has 3 N–H and O–H groups in total. The van der Waals surface area contributed by atoms with Crippen molar-refractivity contribution in [2.45, 2.75) is 6.54 Å². The maximum absolute atomic E-state index is 12.1. The number of anilines is 1. The first-order valence-corrected chi connectivity index (χ1v) is 5.42. The Kier molecular flexibility index (Phi) is 4.06. The number of aromatic amines is 1. The molecule has 0 aromatic carbocycles. The summed E-state index contributed by atoms with van der Waals surface area (Å²) < 4.78 is 2.12. The van der Waals surface area contributed by atoms with Gasteiger partial charge in [0.2, 0.25) is 5.95 Å². The number of hydrogen-bond donors (Lipinski definition) is 2. The zero-order valence-electron chi connectivity index (χ0n) is 11.0. The average Bonchev–Trinajstić information content (AvgIpc) is 2.55. The van der Waals surface area contributed by atoms with Crippen LogP contribution in [0.5, 0.6) is 0 Å². The SMILES string of the molecule is Cn1c(N)nc2[nH]cc(C[N+](C)(C)C)c2c1=O.[I-]. The van der Waals surface area contributed by atoms with Crippen molar-refractivity contribution in [1.29, 1.82) is 0 Å². The Morgan fingerprint density at radius 2 is 2.06 bits per heavy atom. The van der Waals surface area contributed by atoms with E-state index in [9.17, 15) is 4.79 Å². The van der Waals surface area contributed by atoms with E-state index in [4.69, 9.17) is 5.73 Å². The summed E-state index contributed by atoms with van der Waals surface area (Å²) in [7, 11) is 7.86. The number of nitrogens with two attached hydrogens (primary N) is 1.